The first-order valence-electron chi connectivity index (χ1n) is 4.27. The van der Waals surface area contributed by atoms with Crippen LogP contribution in [0.3, 0.4) is 0 Å². The van der Waals surface area contributed by atoms with E-state index in [9.17, 15) is 9.18 Å². The van der Waals surface area contributed by atoms with Crippen LogP contribution in [0.25, 0.3) is 0 Å². The van der Waals surface area contributed by atoms with Gasteiger partial charge >= 0.3 is 5.97 Å². The van der Waals surface area contributed by atoms with Crippen molar-refractivity contribution in [3.63, 3.8) is 0 Å². The van der Waals surface area contributed by atoms with Crippen molar-refractivity contribution in [2.75, 3.05) is 0 Å². The van der Waals surface area contributed by atoms with E-state index in [1.54, 1.807) is 11.6 Å². The van der Waals surface area contributed by atoms with Crippen molar-refractivity contribution in [1.29, 1.82) is 0 Å². The second-order valence-electron chi connectivity index (χ2n) is 2.82. The predicted octanol–water partition coefficient (Wildman–Crippen LogP) is 3.13. The molecule has 0 atom stereocenters. The molecule has 0 saturated carbocycles. The van der Waals surface area contributed by atoms with E-state index in [0.29, 0.717) is 4.34 Å². The van der Waals surface area contributed by atoms with Crippen LogP contribution in [0.2, 0.25) is 0 Å². The van der Waals surface area contributed by atoms with E-state index < -0.39 is 11.8 Å². The molecule has 0 bridgehead atoms. The fourth-order valence-corrected chi connectivity index (χ4v) is 2.82. The summed E-state index contributed by atoms with van der Waals surface area (Å²) in [6.45, 7) is 0. The highest BCUT2D eigenvalue weighted by Crippen LogP contribution is 2.33. The van der Waals surface area contributed by atoms with Gasteiger partial charge in [-0.2, -0.15) is 0 Å². The first kappa shape index (κ1) is 11.1. The molecular formula is C10H6FNO2S2. The van der Waals surface area contributed by atoms with E-state index in [4.69, 9.17) is 5.11 Å². The Balaban J connectivity index is 2.42. The number of rotatable bonds is 3. The van der Waals surface area contributed by atoms with E-state index in [0.717, 1.165) is 11.8 Å². The molecule has 0 saturated heterocycles. The third-order valence-electron chi connectivity index (χ3n) is 1.80. The van der Waals surface area contributed by atoms with Crippen molar-refractivity contribution in [1.82, 2.24) is 4.98 Å². The lowest BCUT2D eigenvalue weighted by Gasteiger charge is -2.04. The van der Waals surface area contributed by atoms with Crippen LogP contribution in [0.15, 0.2) is 39.0 Å². The predicted molar refractivity (Wildman–Crippen MR) is 59.6 cm³/mol. The van der Waals surface area contributed by atoms with Gasteiger partial charge in [0, 0.05) is 11.6 Å². The summed E-state index contributed by atoms with van der Waals surface area (Å²) in [5.74, 6) is -1.68. The maximum Gasteiger partial charge on any atom is 0.336 e. The van der Waals surface area contributed by atoms with Crippen molar-refractivity contribution in [2.24, 2.45) is 0 Å². The molecule has 0 unspecified atom stereocenters. The number of hydrogen-bond donors (Lipinski definition) is 1. The number of carboxylic acid groups (broad SMARTS) is 1. The molecule has 2 rings (SSSR count). The van der Waals surface area contributed by atoms with E-state index in [2.05, 4.69) is 4.98 Å². The van der Waals surface area contributed by atoms with Crippen LogP contribution in [0.1, 0.15) is 10.4 Å². The molecule has 1 aromatic carbocycles. The minimum atomic E-state index is -1.14. The van der Waals surface area contributed by atoms with Crippen LogP contribution in [0, 0.1) is 5.82 Å². The number of carboxylic acids is 1. The van der Waals surface area contributed by atoms with E-state index >= 15 is 0 Å². The Labute approximate surface area is 99.0 Å². The van der Waals surface area contributed by atoms with E-state index in [1.807, 2.05) is 0 Å². The minimum absolute atomic E-state index is 0.0415. The normalized spacial score (nSPS) is 10.3. The van der Waals surface area contributed by atoms with Crippen LogP contribution >= 0.6 is 23.1 Å². The Bertz CT molecular complexity index is 514. The number of aromatic carboxylic acids is 1. The van der Waals surface area contributed by atoms with Gasteiger partial charge in [-0.1, -0.05) is 17.8 Å². The van der Waals surface area contributed by atoms with Gasteiger partial charge in [0.05, 0.1) is 10.5 Å². The number of aromatic nitrogens is 1. The average Bonchev–Trinajstić information content (AvgIpc) is 2.73. The Morgan fingerprint density at radius 2 is 2.31 bits per heavy atom. The van der Waals surface area contributed by atoms with Crippen molar-refractivity contribution < 1.29 is 14.3 Å². The zero-order valence-corrected chi connectivity index (χ0v) is 9.52. The van der Waals surface area contributed by atoms with Crippen LogP contribution < -0.4 is 0 Å². The molecule has 16 heavy (non-hydrogen) atoms. The molecule has 0 spiro atoms. The van der Waals surface area contributed by atoms with Gasteiger partial charge in [-0.15, -0.1) is 11.3 Å². The summed E-state index contributed by atoms with van der Waals surface area (Å²) in [5.41, 5.74) is -0.0415. The van der Waals surface area contributed by atoms with Gasteiger partial charge in [-0.3, -0.25) is 0 Å². The van der Waals surface area contributed by atoms with Gasteiger partial charge in [-0.25, -0.2) is 14.2 Å². The molecule has 0 aliphatic carbocycles. The van der Waals surface area contributed by atoms with Gasteiger partial charge in [0.2, 0.25) is 0 Å². The lowest BCUT2D eigenvalue weighted by atomic mass is 10.2. The number of hydrogen-bond acceptors (Lipinski definition) is 4. The Morgan fingerprint density at radius 3 is 2.94 bits per heavy atom. The Kier molecular flexibility index (Phi) is 3.21. The highest BCUT2D eigenvalue weighted by Gasteiger charge is 2.16. The monoisotopic (exact) mass is 255 g/mol. The van der Waals surface area contributed by atoms with Crippen LogP contribution in [0.5, 0.6) is 0 Å². The third kappa shape index (κ3) is 2.23. The summed E-state index contributed by atoms with van der Waals surface area (Å²) in [6, 6.07) is 3.99. The summed E-state index contributed by atoms with van der Waals surface area (Å²) >= 11 is 2.37. The third-order valence-corrected chi connectivity index (χ3v) is 3.80. The van der Waals surface area contributed by atoms with Crippen molar-refractivity contribution >= 4 is 29.1 Å². The minimum Gasteiger partial charge on any atom is -0.478 e. The number of nitrogens with zero attached hydrogens (tertiary/aromatic N) is 1. The molecule has 1 N–H and O–H groups in total. The van der Waals surface area contributed by atoms with Crippen LogP contribution in [0.4, 0.5) is 4.39 Å². The lowest BCUT2D eigenvalue weighted by molar-refractivity contribution is 0.0692. The second-order valence-corrected chi connectivity index (χ2v) is 4.97. The highest BCUT2D eigenvalue weighted by atomic mass is 32.2. The zero-order valence-electron chi connectivity index (χ0n) is 7.88. The molecule has 0 aliphatic heterocycles. The molecule has 82 valence electrons. The number of thiazole rings is 1. The topological polar surface area (TPSA) is 50.2 Å². The van der Waals surface area contributed by atoms with Crippen LogP contribution in [-0.4, -0.2) is 16.1 Å². The Hall–Kier alpha value is -1.40. The van der Waals surface area contributed by atoms with E-state index in [-0.39, 0.29) is 10.5 Å². The molecule has 3 nitrogen and oxygen atoms in total. The van der Waals surface area contributed by atoms with Gasteiger partial charge in [-0.05, 0) is 12.1 Å². The summed E-state index contributed by atoms with van der Waals surface area (Å²) in [5, 5.41) is 10.7. The highest BCUT2D eigenvalue weighted by molar-refractivity contribution is 8.01. The molecule has 0 fully saturated rings. The molecule has 2 aromatic rings. The quantitative estimate of drug-likeness (QED) is 0.915. The first-order chi connectivity index (χ1) is 7.68. The zero-order chi connectivity index (χ0) is 11.5. The van der Waals surface area contributed by atoms with Gasteiger partial charge in [0.15, 0.2) is 4.34 Å². The number of carbonyl (C=O) groups is 1. The molecule has 0 aliphatic rings. The largest absolute Gasteiger partial charge is 0.478 e. The summed E-state index contributed by atoms with van der Waals surface area (Å²) in [6.07, 6.45) is 1.59. The second kappa shape index (κ2) is 4.63. The Morgan fingerprint density at radius 1 is 1.50 bits per heavy atom. The molecule has 0 radical (unpaired) electrons. The molecule has 1 aromatic heterocycles. The summed E-state index contributed by atoms with van der Waals surface area (Å²) in [4.78, 5) is 15.0. The standard InChI is InChI=1S/C10H6FNO2S2/c11-7-3-1-2-6(9(13)14)8(7)16-10-12-4-5-15-10/h1-5H,(H,13,14). The van der Waals surface area contributed by atoms with Crippen LogP contribution in [-0.2, 0) is 0 Å². The summed E-state index contributed by atoms with van der Waals surface area (Å²) < 4.78 is 14.1. The van der Waals surface area contributed by atoms with Gasteiger partial charge in [0.1, 0.15) is 5.82 Å². The smallest absolute Gasteiger partial charge is 0.336 e. The first-order valence-corrected chi connectivity index (χ1v) is 5.97. The average molecular weight is 255 g/mol. The molecule has 1 heterocycles. The van der Waals surface area contributed by atoms with Crippen molar-refractivity contribution in [2.45, 2.75) is 9.24 Å². The molecule has 6 heteroatoms. The lowest BCUT2D eigenvalue weighted by Crippen LogP contribution is -2.00. The van der Waals surface area contributed by atoms with Crippen molar-refractivity contribution in [3.05, 3.63) is 41.2 Å². The molecular weight excluding hydrogens is 249 g/mol. The maximum absolute atomic E-state index is 13.5. The van der Waals surface area contributed by atoms with Gasteiger partial charge < -0.3 is 5.11 Å². The number of benzene rings is 1. The van der Waals surface area contributed by atoms with Gasteiger partial charge in [0.25, 0.3) is 0 Å². The maximum atomic E-state index is 13.5. The molecule has 0 amide bonds. The summed E-state index contributed by atoms with van der Waals surface area (Å²) in [7, 11) is 0. The fourth-order valence-electron chi connectivity index (χ4n) is 1.13. The van der Waals surface area contributed by atoms with Crippen molar-refractivity contribution in [3.8, 4) is 0 Å². The number of halogens is 1. The SMILES string of the molecule is O=C(O)c1cccc(F)c1Sc1nccs1. The van der Waals surface area contributed by atoms with E-state index in [1.165, 1.54) is 29.5 Å². The fraction of sp³-hybridized carbons (Fsp3) is 0.